The minimum absolute atomic E-state index is 0.198. The van der Waals surface area contributed by atoms with E-state index in [-0.39, 0.29) is 19.0 Å². The van der Waals surface area contributed by atoms with E-state index in [1.807, 2.05) is 6.07 Å². The van der Waals surface area contributed by atoms with E-state index in [0.29, 0.717) is 23.7 Å². The quantitative estimate of drug-likeness (QED) is 0.637. The molecular formula is C17H16N2O5. The van der Waals surface area contributed by atoms with Gasteiger partial charge in [0.1, 0.15) is 0 Å². The highest BCUT2D eigenvalue weighted by Gasteiger charge is 2.15. The van der Waals surface area contributed by atoms with Crippen molar-refractivity contribution < 1.29 is 23.8 Å². The number of ether oxygens (including phenoxy) is 3. The van der Waals surface area contributed by atoms with Crippen LogP contribution in [-0.4, -0.2) is 25.3 Å². The number of carbonyl (C=O) groups is 2. The molecule has 3 N–H and O–H groups in total. The number of rotatable bonds is 5. The Morgan fingerprint density at radius 3 is 2.75 bits per heavy atom. The lowest BCUT2D eigenvalue weighted by Gasteiger charge is -2.08. The van der Waals surface area contributed by atoms with E-state index in [1.165, 1.54) is 0 Å². The Labute approximate surface area is 138 Å². The molecule has 124 valence electrons. The Hall–Kier alpha value is -3.22. The average molecular weight is 328 g/mol. The van der Waals surface area contributed by atoms with Crippen LogP contribution >= 0.6 is 0 Å². The molecule has 0 spiro atoms. The van der Waals surface area contributed by atoms with Gasteiger partial charge in [0.05, 0.1) is 5.56 Å². The molecule has 0 atom stereocenters. The zero-order valence-corrected chi connectivity index (χ0v) is 12.8. The van der Waals surface area contributed by atoms with Gasteiger partial charge in [-0.25, -0.2) is 4.79 Å². The number of nitrogen functional groups attached to an aromatic ring is 1. The number of benzene rings is 2. The molecule has 7 heteroatoms. The summed E-state index contributed by atoms with van der Waals surface area (Å²) in [7, 11) is 0. The lowest BCUT2D eigenvalue weighted by molar-refractivity contribution is -0.124. The molecule has 0 radical (unpaired) electrons. The average Bonchev–Trinajstić information content (AvgIpc) is 3.06. The molecule has 0 unspecified atom stereocenters. The van der Waals surface area contributed by atoms with E-state index in [1.54, 1.807) is 36.4 Å². The maximum atomic E-state index is 11.9. The molecule has 1 amide bonds. The highest BCUT2D eigenvalue weighted by Crippen LogP contribution is 2.32. The fraction of sp³-hybridized carbons (Fsp3) is 0.176. The first kappa shape index (κ1) is 15.7. The Morgan fingerprint density at radius 2 is 1.92 bits per heavy atom. The Bertz CT molecular complexity index is 775. The van der Waals surface area contributed by atoms with Crippen molar-refractivity contribution in [3.8, 4) is 11.5 Å². The van der Waals surface area contributed by atoms with Crippen LogP contribution in [0.3, 0.4) is 0 Å². The molecule has 1 aliphatic rings. The molecule has 24 heavy (non-hydrogen) atoms. The molecule has 1 aliphatic heterocycles. The standard InChI is InChI=1S/C17H16N2O5/c18-13-4-2-1-3-12(13)17(21)22-9-16(20)19-8-11-5-6-14-15(7-11)24-10-23-14/h1-7H,8-10,18H2,(H,19,20). The van der Waals surface area contributed by atoms with Gasteiger partial charge >= 0.3 is 5.97 Å². The van der Waals surface area contributed by atoms with Gasteiger partial charge in [-0.05, 0) is 29.8 Å². The fourth-order valence-corrected chi connectivity index (χ4v) is 2.19. The van der Waals surface area contributed by atoms with Crippen molar-refractivity contribution in [2.45, 2.75) is 6.54 Å². The Kier molecular flexibility index (Phi) is 4.51. The molecule has 0 bridgehead atoms. The van der Waals surface area contributed by atoms with Crippen LogP contribution in [0.5, 0.6) is 11.5 Å². The molecule has 7 nitrogen and oxygen atoms in total. The van der Waals surface area contributed by atoms with E-state index >= 15 is 0 Å². The van der Waals surface area contributed by atoms with E-state index in [0.717, 1.165) is 5.56 Å². The molecule has 0 aromatic heterocycles. The Balaban J connectivity index is 1.48. The summed E-state index contributed by atoms with van der Waals surface area (Å²) in [5, 5.41) is 2.67. The maximum absolute atomic E-state index is 11.9. The zero-order chi connectivity index (χ0) is 16.9. The summed E-state index contributed by atoms with van der Waals surface area (Å²) in [6.07, 6.45) is 0. The van der Waals surface area contributed by atoms with Gasteiger partial charge in [0, 0.05) is 12.2 Å². The second-order valence-corrected chi connectivity index (χ2v) is 5.13. The highest BCUT2D eigenvalue weighted by atomic mass is 16.7. The van der Waals surface area contributed by atoms with E-state index in [9.17, 15) is 9.59 Å². The van der Waals surface area contributed by atoms with Gasteiger partial charge in [-0.1, -0.05) is 18.2 Å². The van der Waals surface area contributed by atoms with Gasteiger partial charge in [-0.15, -0.1) is 0 Å². The van der Waals surface area contributed by atoms with Crippen molar-refractivity contribution in [1.29, 1.82) is 0 Å². The van der Waals surface area contributed by atoms with Crippen molar-refractivity contribution in [2.75, 3.05) is 19.1 Å². The van der Waals surface area contributed by atoms with Gasteiger partial charge in [0.2, 0.25) is 6.79 Å². The summed E-state index contributed by atoms with van der Waals surface area (Å²) in [5.41, 5.74) is 7.08. The summed E-state index contributed by atoms with van der Waals surface area (Å²) >= 11 is 0. The number of esters is 1. The van der Waals surface area contributed by atoms with Crippen LogP contribution in [0.1, 0.15) is 15.9 Å². The number of hydrogen-bond acceptors (Lipinski definition) is 6. The molecule has 0 saturated heterocycles. The topological polar surface area (TPSA) is 99.9 Å². The number of para-hydroxylation sites is 1. The SMILES string of the molecule is Nc1ccccc1C(=O)OCC(=O)NCc1ccc2c(c1)OCO2. The largest absolute Gasteiger partial charge is 0.454 e. The van der Waals surface area contributed by atoms with Crippen LogP contribution < -0.4 is 20.5 Å². The number of nitrogens with one attached hydrogen (secondary N) is 1. The first-order chi connectivity index (χ1) is 11.6. The van der Waals surface area contributed by atoms with Gasteiger partial charge < -0.3 is 25.3 Å². The van der Waals surface area contributed by atoms with Crippen molar-refractivity contribution in [3.63, 3.8) is 0 Å². The smallest absolute Gasteiger partial charge is 0.340 e. The van der Waals surface area contributed by atoms with Crippen molar-refractivity contribution >= 4 is 17.6 Å². The molecule has 0 aliphatic carbocycles. The van der Waals surface area contributed by atoms with Crippen LogP contribution in [0, 0.1) is 0 Å². The predicted molar refractivity (Wildman–Crippen MR) is 85.5 cm³/mol. The van der Waals surface area contributed by atoms with E-state index in [4.69, 9.17) is 19.9 Å². The van der Waals surface area contributed by atoms with Gasteiger partial charge in [-0.2, -0.15) is 0 Å². The monoisotopic (exact) mass is 328 g/mol. The third-order valence-electron chi connectivity index (χ3n) is 3.44. The second-order valence-electron chi connectivity index (χ2n) is 5.13. The van der Waals surface area contributed by atoms with Crippen LogP contribution in [0.25, 0.3) is 0 Å². The first-order valence-corrected chi connectivity index (χ1v) is 7.30. The number of hydrogen-bond donors (Lipinski definition) is 2. The fourth-order valence-electron chi connectivity index (χ4n) is 2.19. The zero-order valence-electron chi connectivity index (χ0n) is 12.8. The third kappa shape index (κ3) is 3.57. The number of carbonyl (C=O) groups excluding carboxylic acids is 2. The van der Waals surface area contributed by atoms with E-state index in [2.05, 4.69) is 5.32 Å². The molecule has 0 saturated carbocycles. The first-order valence-electron chi connectivity index (χ1n) is 7.30. The van der Waals surface area contributed by atoms with Gasteiger partial charge in [0.25, 0.3) is 5.91 Å². The van der Waals surface area contributed by atoms with Gasteiger partial charge in [-0.3, -0.25) is 4.79 Å². The van der Waals surface area contributed by atoms with Crippen LogP contribution in [-0.2, 0) is 16.1 Å². The summed E-state index contributed by atoms with van der Waals surface area (Å²) in [6, 6.07) is 11.9. The van der Waals surface area contributed by atoms with Crippen LogP contribution in [0.15, 0.2) is 42.5 Å². The van der Waals surface area contributed by atoms with Gasteiger partial charge in [0.15, 0.2) is 18.1 Å². The molecule has 0 fully saturated rings. The normalized spacial score (nSPS) is 11.8. The van der Waals surface area contributed by atoms with E-state index < -0.39 is 11.9 Å². The van der Waals surface area contributed by atoms with Crippen molar-refractivity contribution in [2.24, 2.45) is 0 Å². The molecule has 2 aromatic rings. The molecule has 1 heterocycles. The van der Waals surface area contributed by atoms with Crippen LogP contribution in [0.2, 0.25) is 0 Å². The number of amides is 1. The van der Waals surface area contributed by atoms with Crippen molar-refractivity contribution in [1.82, 2.24) is 5.32 Å². The molecular weight excluding hydrogens is 312 g/mol. The third-order valence-corrected chi connectivity index (χ3v) is 3.44. The number of anilines is 1. The second kappa shape index (κ2) is 6.91. The minimum Gasteiger partial charge on any atom is -0.454 e. The molecule has 3 rings (SSSR count). The predicted octanol–water partition coefficient (Wildman–Crippen LogP) is 1.47. The summed E-state index contributed by atoms with van der Waals surface area (Å²) in [4.78, 5) is 23.7. The van der Waals surface area contributed by atoms with Crippen molar-refractivity contribution in [3.05, 3.63) is 53.6 Å². The Morgan fingerprint density at radius 1 is 1.12 bits per heavy atom. The number of nitrogens with two attached hydrogens (primary N) is 1. The molecule has 2 aromatic carbocycles. The number of fused-ring (bicyclic) bond motifs is 1. The summed E-state index contributed by atoms with van der Waals surface area (Å²) < 4.78 is 15.4. The summed E-state index contributed by atoms with van der Waals surface area (Å²) in [5.74, 6) is 0.286. The maximum Gasteiger partial charge on any atom is 0.340 e. The summed E-state index contributed by atoms with van der Waals surface area (Å²) in [6.45, 7) is 0.113. The highest BCUT2D eigenvalue weighted by molar-refractivity contribution is 5.96. The lowest BCUT2D eigenvalue weighted by Crippen LogP contribution is -2.28. The lowest BCUT2D eigenvalue weighted by atomic mass is 10.2. The van der Waals surface area contributed by atoms with Crippen LogP contribution in [0.4, 0.5) is 5.69 Å². The minimum atomic E-state index is -0.633.